The van der Waals surface area contributed by atoms with Gasteiger partial charge in [-0.05, 0) is 30.5 Å². The smallest absolute Gasteiger partial charge is 0.122 e. The van der Waals surface area contributed by atoms with Crippen LogP contribution in [0.15, 0.2) is 18.2 Å². The van der Waals surface area contributed by atoms with Crippen LogP contribution in [-0.4, -0.2) is 17.8 Å². The van der Waals surface area contributed by atoms with Crippen molar-refractivity contribution in [2.45, 2.75) is 25.9 Å². The van der Waals surface area contributed by atoms with Crippen LogP contribution in [0.4, 0.5) is 0 Å². The normalized spacial score (nSPS) is 16.5. The summed E-state index contributed by atoms with van der Waals surface area (Å²) < 4.78 is 5.40. The van der Waals surface area contributed by atoms with Crippen LogP contribution in [0.2, 0.25) is 0 Å². The van der Waals surface area contributed by atoms with E-state index in [9.17, 15) is 5.11 Å². The van der Waals surface area contributed by atoms with E-state index in [1.165, 1.54) is 11.1 Å². The van der Waals surface area contributed by atoms with Crippen LogP contribution in [0, 0.1) is 0 Å². The molecule has 1 unspecified atom stereocenters. The predicted octanol–water partition coefficient (Wildman–Crippen LogP) is 1.54. The monoisotopic (exact) mass is 178 g/mol. The quantitative estimate of drug-likeness (QED) is 0.744. The van der Waals surface area contributed by atoms with Gasteiger partial charge in [-0.15, -0.1) is 0 Å². The van der Waals surface area contributed by atoms with Crippen LogP contribution >= 0.6 is 0 Å². The van der Waals surface area contributed by atoms with Crippen molar-refractivity contribution in [2.24, 2.45) is 0 Å². The van der Waals surface area contributed by atoms with Gasteiger partial charge in [-0.2, -0.15) is 0 Å². The Morgan fingerprint density at radius 3 is 3.15 bits per heavy atom. The van der Waals surface area contributed by atoms with E-state index >= 15 is 0 Å². The molecule has 1 aliphatic heterocycles. The number of benzene rings is 1. The lowest BCUT2D eigenvalue weighted by molar-refractivity contribution is 0.195. The third kappa shape index (κ3) is 1.83. The fourth-order valence-corrected chi connectivity index (χ4v) is 1.71. The Hall–Kier alpha value is -1.02. The molecule has 0 aliphatic carbocycles. The highest BCUT2D eigenvalue weighted by Crippen LogP contribution is 2.26. The van der Waals surface area contributed by atoms with E-state index < -0.39 is 0 Å². The average Bonchev–Trinajstić information content (AvgIpc) is 2.49. The Bertz CT molecular complexity index is 305. The van der Waals surface area contributed by atoms with Crippen LogP contribution in [0.1, 0.15) is 18.1 Å². The Labute approximate surface area is 78.2 Å². The molecule has 2 rings (SSSR count). The van der Waals surface area contributed by atoms with E-state index in [1.54, 1.807) is 0 Å². The summed E-state index contributed by atoms with van der Waals surface area (Å²) in [5.74, 6) is 1.01. The predicted molar refractivity (Wildman–Crippen MR) is 51.0 cm³/mol. The standard InChI is InChI=1S/C11H14O2/c1-8(12)6-9-2-3-11-10(7-9)4-5-13-11/h2-3,7-8,12H,4-6H2,1H3. The molecule has 2 nitrogen and oxygen atoms in total. The molecule has 1 aliphatic rings. The summed E-state index contributed by atoms with van der Waals surface area (Å²) >= 11 is 0. The molecule has 0 saturated carbocycles. The summed E-state index contributed by atoms with van der Waals surface area (Å²) in [4.78, 5) is 0. The topological polar surface area (TPSA) is 29.5 Å². The first-order chi connectivity index (χ1) is 6.25. The minimum absolute atomic E-state index is 0.264. The van der Waals surface area contributed by atoms with E-state index in [1.807, 2.05) is 19.1 Å². The highest BCUT2D eigenvalue weighted by atomic mass is 16.5. The molecule has 0 fully saturated rings. The number of ether oxygens (including phenoxy) is 1. The Morgan fingerprint density at radius 1 is 1.54 bits per heavy atom. The van der Waals surface area contributed by atoms with Gasteiger partial charge in [0.2, 0.25) is 0 Å². The molecular formula is C11H14O2. The van der Waals surface area contributed by atoms with Gasteiger partial charge >= 0.3 is 0 Å². The van der Waals surface area contributed by atoms with Gasteiger partial charge in [-0.3, -0.25) is 0 Å². The highest BCUT2D eigenvalue weighted by molar-refractivity contribution is 5.39. The molecule has 1 aromatic carbocycles. The average molecular weight is 178 g/mol. The molecular weight excluding hydrogens is 164 g/mol. The summed E-state index contributed by atoms with van der Waals surface area (Å²) in [6.45, 7) is 2.61. The van der Waals surface area contributed by atoms with E-state index in [4.69, 9.17) is 4.74 Å². The van der Waals surface area contributed by atoms with Crippen LogP contribution in [0.5, 0.6) is 5.75 Å². The number of hydrogen-bond acceptors (Lipinski definition) is 2. The zero-order valence-corrected chi connectivity index (χ0v) is 7.79. The van der Waals surface area contributed by atoms with Crippen LogP contribution in [0.3, 0.4) is 0 Å². The molecule has 0 aromatic heterocycles. The van der Waals surface area contributed by atoms with Gasteiger partial charge in [0.05, 0.1) is 12.7 Å². The lowest BCUT2D eigenvalue weighted by Crippen LogP contribution is -2.04. The Balaban J connectivity index is 2.21. The van der Waals surface area contributed by atoms with Crippen molar-refractivity contribution in [3.05, 3.63) is 29.3 Å². The van der Waals surface area contributed by atoms with Gasteiger partial charge in [0, 0.05) is 6.42 Å². The van der Waals surface area contributed by atoms with Crippen molar-refractivity contribution in [2.75, 3.05) is 6.61 Å². The molecule has 13 heavy (non-hydrogen) atoms. The Kier molecular flexibility index (Phi) is 2.23. The second-order valence-electron chi connectivity index (χ2n) is 3.59. The number of hydrogen-bond donors (Lipinski definition) is 1. The third-order valence-electron chi connectivity index (χ3n) is 2.28. The second kappa shape index (κ2) is 3.38. The molecule has 0 spiro atoms. The molecule has 1 aromatic rings. The first-order valence-electron chi connectivity index (χ1n) is 4.68. The largest absolute Gasteiger partial charge is 0.493 e. The van der Waals surface area contributed by atoms with Crippen molar-refractivity contribution >= 4 is 0 Å². The maximum absolute atomic E-state index is 9.22. The zero-order valence-electron chi connectivity index (χ0n) is 7.79. The summed E-state index contributed by atoms with van der Waals surface area (Å²) in [5.41, 5.74) is 2.47. The van der Waals surface area contributed by atoms with Gasteiger partial charge in [-0.25, -0.2) is 0 Å². The van der Waals surface area contributed by atoms with Crippen LogP contribution in [0.25, 0.3) is 0 Å². The van der Waals surface area contributed by atoms with Gasteiger partial charge < -0.3 is 9.84 Å². The van der Waals surface area contributed by atoms with E-state index in [-0.39, 0.29) is 6.10 Å². The summed E-state index contributed by atoms with van der Waals surface area (Å²) in [5, 5.41) is 9.22. The van der Waals surface area contributed by atoms with Gasteiger partial charge in [0.25, 0.3) is 0 Å². The molecule has 0 bridgehead atoms. The van der Waals surface area contributed by atoms with Crippen LogP contribution < -0.4 is 4.74 Å². The minimum atomic E-state index is -0.264. The maximum Gasteiger partial charge on any atom is 0.122 e. The fourth-order valence-electron chi connectivity index (χ4n) is 1.71. The molecule has 1 N–H and O–H groups in total. The number of aliphatic hydroxyl groups excluding tert-OH is 1. The first-order valence-corrected chi connectivity index (χ1v) is 4.68. The first kappa shape index (κ1) is 8.57. The van der Waals surface area contributed by atoms with Crippen molar-refractivity contribution in [3.8, 4) is 5.75 Å². The molecule has 0 radical (unpaired) electrons. The molecule has 70 valence electrons. The fraction of sp³-hybridized carbons (Fsp3) is 0.455. The van der Waals surface area contributed by atoms with Gasteiger partial charge in [-0.1, -0.05) is 12.1 Å². The summed E-state index contributed by atoms with van der Waals surface area (Å²) in [7, 11) is 0. The summed E-state index contributed by atoms with van der Waals surface area (Å²) in [6, 6.07) is 6.16. The summed E-state index contributed by atoms with van der Waals surface area (Å²) in [6.07, 6.45) is 1.47. The Morgan fingerprint density at radius 2 is 2.38 bits per heavy atom. The molecule has 1 heterocycles. The third-order valence-corrected chi connectivity index (χ3v) is 2.28. The lowest BCUT2D eigenvalue weighted by atomic mass is 10.0. The highest BCUT2D eigenvalue weighted by Gasteiger charge is 2.12. The van der Waals surface area contributed by atoms with E-state index in [2.05, 4.69) is 6.07 Å². The second-order valence-corrected chi connectivity index (χ2v) is 3.59. The lowest BCUT2D eigenvalue weighted by Gasteiger charge is -2.05. The van der Waals surface area contributed by atoms with Gasteiger partial charge in [0.1, 0.15) is 5.75 Å². The van der Waals surface area contributed by atoms with Crippen molar-refractivity contribution in [1.29, 1.82) is 0 Å². The zero-order chi connectivity index (χ0) is 9.26. The van der Waals surface area contributed by atoms with Gasteiger partial charge in [0.15, 0.2) is 0 Å². The molecule has 0 saturated heterocycles. The molecule has 1 atom stereocenters. The number of rotatable bonds is 2. The van der Waals surface area contributed by atoms with E-state index in [0.717, 1.165) is 25.2 Å². The van der Waals surface area contributed by atoms with Crippen molar-refractivity contribution < 1.29 is 9.84 Å². The minimum Gasteiger partial charge on any atom is -0.493 e. The van der Waals surface area contributed by atoms with Crippen molar-refractivity contribution in [1.82, 2.24) is 0 Å². The molecule has 2 heteroatoms. The maximum atomic E-state index is 9.22. The SMILES string of the molecule is CC(O)Cc1ccc2c(c1)CCO2. The van der Waals surface area contributed by atoms with Crippen molar-refractivity contribution in [3.63, 3.8) is 0 Å². The van der Waals surface area contributed by atoms with E-state index in [0.29, 0.717) is 0 Å². The number of fused-ring (bicyclic) bond motifs is 1. The van der Waals surface area contributed by atoms with Crippen LogP contribution in [-0.2, 0) is 12.8 Å². The number of aliphatic hydroxyl groups is 1. The molecule has 0 amide bonds.